The Morgan fingerprint density at radius 2 is 2.36 bits per heavy atom. The molecule has 0 radical (unpaired) electrons. The largest absolute Gasteiger partial charge is 0.316 e. The van der Waals surface area contributed by atoms with Crippen molar-refractivity contribution in [2.45, 2.75) is 45.2 Å². The van der Waals surface area contributed by atoms with Crippen molar-refractivity contribution in [3.63, 3.8) is 0 Å². The predicted molar refractivity (Wildman–Crippen MR) is 58.8 cm³/mol. The minimum atomic E-state index is 0.0843. The molecule has 2 rings (SSSR count). The highest BCUT2D eigenvalue weighted by molar-refractivity contribution is 7.09. The third-order valence-electron chi connectivity index (χ3n) is 2.43. The lowest BCUT2D eigenvalue weighted by molar-refractivity contribution is 0.686. The van der Waals surface area contributed by atoms with Crippen LogP contribution in [0.1, 0.15) is 36.8 Å². The van der Waals surface area contributed by atoms with Gasteiger partial charge in [-0.15, -0.1) is 0 Å². The van der Waals surface area contributed by atoms with Gasteiger partial charge in [-0.1, -0.05) is 24.7 Å². The average Bonchev–Trinajstić information content (AvgIpc) is 2.90. The molecule has 1 aliphatic rings. The highest BCUT2D eigenvalue weighted by Crippen LogP contribution is 2.20. The normalized spacial score (nSPS) is 16.1. The van der Waals surface area contributed by atoms with E-state index in [0.29, 0.717) is 6.04 Å². The molecule has 78 valence electrons. The Kier molecular flexibility index (Phi) is 3.03. The van der Waals surface area contributed by atoms with Crippen molar-refractivity contribution < 1.29 is 0 Å². The van der Waals surface area contributed by atoms with Crippen molar-refractivity contribution in [2.75, 3.05) is 0 Å². The molecule has 0 spiro atoms. The van der Waals surface area contributed by atoms with Crippen LogP contribution >= 0.6 is 11.3 Å². The second kappa shape index (κ2) is 4.28. The quantitative estimate of drug-likeness (QED) is 0.779. The third kappa shape index (κ3) is 2.45. The highest BCUT2D eigenvalue weighted by atomic mass is 32.1. The minimum Gasteiger partial charge on any atom is -0.316 e. The van der Waals surface area contributed by atoms with Gasteiger partial charge in [-0.05, 0) is 19.3 Å². The summed E-state index contributed by atoms with van der Waals surface area (Å²) in [7, 11) is 0. The smallest absolute Gasteiger partial charge is 0.304 e. The van der Waals surface area contributed by atoms with Crippen molar-refractivity contribution in [1.29, 1.82) is 0 Å². The maximum Gasteiger partial charge on any atom is 0.304 e. The van der Waals surface area contributed by atoms with Crippen molar-refractivity contribution in [1.82, 2.24) is 10.3 Å². The van der Waals surface area contributed by atoms with Gasteiger partial charge in [0.25, 0.3) is 0 Å². The molecule has 0 bridgehead atoms. The van der Waals surface area contributed by atoms with Gasteiger partial charge in [-0.2, -0.15) is 0 Å². The Morgan fingerprint density at radius 3 is 3.00 bits per heavy atom. The number of nitrogens with one attached hydrogen (secondary N) is 2. The molecule has 0 atom stereocenters. The summed E-state index contributed by atoms with van der Waals surface area (Å²) in [6.07, 6.45) is 4.66. The molecule has 14 heavy (non-hydrogen) atoms. The van der Waals surface area contributed by atoms with E-state index in [9.17, 15) is 4.79 Å². The Hall–Kier alpha value is -0.610. The van der Waals surface area contributed by atoms with Crippen LogP contribution in [-0.2, 0) is 13.0 Å². The molecule has 2 N–H and O–H groups in total. The minimum absolute atomic E-state index is 0.0843. The number of H-pyrrole nitrogens is 1. The maximum absolute atomic E-state index is 11.2. The SMILES string of the molecule is CCCc1[nH]c(=O)sc1CNC1CC1. The molecule has 4 heteroatoms. The molecule has 3 nitrogen and oxygen atoms in total. The maximum atomic E-state index is 11.2. The molecule has 0 amide bonds. The molecule has 1 fully saturated rings. The van der Waals surface area contributed by atoms with Gasteiger partial charge >= 0.3 is 4.87 Å². The second-order valence-corrected chi connectivity index (χ2v) is 4.89. The van der Waals surface area contributed by atoms with E-state index in [-0.39, 0.29) is 4.87 Å². The number of aromatic nitrogens is 1. The molecule has 1 saturated carbocycles. The van der Waals surface area contributed by atoms with Crippen molar-refractivity contribution in [2.24, 2.45) is 0 Å². The molecule has 1 heterocycles. The van der Waals surface area contributed by atoms with E-state index in [2.05, 4.69) is 17.2 Å². The number of hydrogen-bond acceptors (Lipinski definition) is 3. The van der Waals surface area contributed by atoms with Crippen LogP contribution in [0.3, 0.4) is 0 Å². The van der Waals surface area contributed by atoms with Crippen LogP contribution in [0.15, 0.2) is 4.79 Å². The summed E-state index contributed by atoms with van der Waals surface area (Å²) in [5.74, 6) is 0. The monoisotopic (exact) mass is 212 g/mol. The number of rotatable bonds is 5. The van der Waals surface area contributed by atoms with Crippen LogP contribution in [0.5, 0.6) is 0 Å². The van der Waals surface area contributed by atoms with Gasteiger partial charge in [-0.3, -0.25) is 4.79 Å². The van der Waals surface area contributed by atoms with E-state index in [1.165, 1.54) is 29.1 Å². The van der Waals surface area contributed by atoms with Crippen LogP contribution in [0.25, 0.3) is 0 Å². The summed E-state index contributed by atoms with van der Waals surface area (Å²) in [6.45, 7) is 3.00. The molecule has 0 unspecified atom stereocenters. The molecule has 0 aliphatic heterocycles. The highest BCUT2D eigenvalue weighted by Gasteiger charge is 2.20. The van der Waals surface area contributed by atoms with Crippen molar-refractivity contribution in [3.05, 3.63) is 20.2 Å². The first-order valence-corrected chi connectivity index (χ1v) is 6.05. The first kappa shape index (κ1) is 9.93. The Bertz CT molecular complexity index is 351. The predicted octanol–water partition coefficient (Wildman–Crippen LogP) is 1.64. The van der Waals surface area contributed by atoms with E-state index in [1.807, 2.05) is 0 Å². The molecular formula is C10H16N2OS. The van der Waals surface area contributed by atoms with Crippen LogP contribution in [0.4, 0.5) is 0 Å². The Morgan fingerprint density at radius 1 is 1.57 bits per heavy atom. The number of hydrogen-bond donors (Lipinski definition) is 2. The first-order valence-electron chi connectivity index (χ1n) is 5.24. The van der Waals surface area contributed by atoms with Crippen molar-refractivity contribution >= 4 is 11.3 Å². The lowest BCUT2D eigenvalue weighted by Crippen LogP contribution is -2.15. The fraction of sp³-hybridized carbons (Fsp3) is 0.700. The first-order chi connectivity index (χ1) is 6.79. The van der Waals surface area contributed by atoms with Gasteiger partial charge < -0.3 is 10.3 Å². The van der Waals surface area contributed by atoms with Crippen LogP contribution in [-0.4, -0.2) is 11.0 Å². The number of aryl methyl sites for hydroxylation is 1. The standard InChI is InChI=1S/C10H16N2OS/c1-2-3-8-9(14-10(13)12-8)6-11-7-4-5-7/h7,11H,2-6H2,1H3,(H,12,13). The molecule has 0 saturated heterocycles. The fourth-order valence-electron chi connectivity index (χ4n) is 1.51. The summed E-state index contributed by atoms with van der Waals surface area (Å²) >= 11 is 1.35. The number of aromatic amines is 1. The van der Waals surface area contributed by atoms with Gasteiger partial charge in [0.15, 0.2) is 0 Å². The van der Waals surface area contributed by atoms with E-state index >= 15 is 0 Å². The zero-order valence-corrected chi connectivity index (χ0v) is 9.25. The summed E-state index contributed by atoms with van der Waals surface area (Å²) in [5.41, 5.74) is 1.13. The van der Waals surface area contributed by atoms with Gasteiger partial charge in [0.05, 0.1) is 0 Å². The van der Waals surface area contributed by atoms with Crippen LogP contribution < -0.4 is 10.2 Å². The molecule has 0 aromatic carbocycles. The Labute approximate surface area is 87.6 Å². The fourth-order valence-corrected chi connectivity index (χ4v) is 2.34. The number of thiazole rings is 1. The van der Waals surface area contributed by atoms with Gasteiger partial charge in [0.2, 0.25) is 0 Å². The second-order valence-electron chi connectivity index (χ2n) is 3.82. The van der Waals surface area contributed by atoms with Gasteiger partial charge in [-0.25, -0.2) is 0 Å². The third-order valence-corrected chi connectivity index (χ3v) is 3.36. The zero-order valence-electron chi connectivity index (χ0n) is 8.43. The van der Waals surface area contributed by atoms with E-state index < -0.39 is 0 Å². The Balaban J connectivity index is 2.01. The summed E-state index contributed by atoms with van der Waals surface area (Å²) < 4.78 is 0. The molecule has 1 aromatic rings. The van der Waals surface area contributed by atoms with E-state index in [0.717, 1.165) is 25.1 Å². The van der Waals surface area contributed by atoms with Crippen LogP contribution in [0, 0.1) is 0 Å². The average molecular weight is 212 g/mol. The van der Waals surface area contributed by atoms with Gasteiger partial charge in [0.1, 0.15) is 0 Å². The van der Waals surface area contributed by atoms with Gasteiger partial charge in [0, 0.05) is 23.2 Å². The summed E-state index contributed by atoms with van der Waals surface area (Å²) in [5, 5.41) is 3.44. The summed E-state index contributed by atoms with van der Waals surface area (Å²) in [4.78, 5) is 15.4. The molecule has 1 aliphatic carbocycles. The molecular weight excluding hydrogens is 196 g/mol. The van der Waals surface area contributed by atoms with Crippen LogP contribution in [0.2, 0.25) is 0 Å². The van der Waals surface area contributed by atoms with E-state index in [4.69, 9.17) is 0 Å². The zero-order chi connectivity index (χ0) is 9.97. The lowest BCUT2D eigenvalue weighted by atomic mass is 10.2. The van der Waals surface area contributed by atoms with E-state index in [1.54, 1.807) is 0 Å². The van der Waals surface area contributed by atoms with Crippen molar-refractivity contribution in [3.8, 4) is 0 Å². The lowest BCUT2D eigenvalue weighted by Gasteiger charge is -2.02. The molecule has 1 aromatic heterocycles. The topological polar surface area (TPSA) is 44.9 Å². The summed E-state index contributed by atoms with van der Waals surface area (Å²) in [6, 6.07) is 0.710.